The van der Waals surface area contributed by atoms with Crippen LogP contribution in [0.15, 0.2) is 17.9 Å². The molecule has 12 heavy (non-hydrogen) atoms. The predicted octanol–water partition coefficient (Wildman–Crippen LogP) is 2.92. The summed E-state index contributed by atoms with van der Waals surface area (Å²) in [6, 6.07) is 0. The number of allylic oxidation sites excluding steroid dienone is 1. The standard InChI is InChI=1S/C11H18O/c1-5-9-6-7-10(12-4)8-11(9,2)3/h10H,1,6-8H2,2-4H3. The van der Waals surface area contributed by atoms with Gasteiger partial charge in [-0.3, -0.25) is 0 Å². The first-order valence-electron chi connectivity index (χ1n) is 4.52. The number of ether oxygens (including phenoxy) is 1. The van der Waals surface area contributed by atoms with Crippen LogP contribution < -0.4 is 0 Å². The third-order valence-electron chi connectivity index (χ3n) is 2.82. The zero-order valence-electron chi connectivity index (χ0n) is 8.31. The van der Waals surface area contributed by atoms with Crippen LogP contribution in [0.1, 0.15) is 33.1 Å². The molecule has 1 rings (SSSR count). The molecule has 0 aromatic carbocycles. The van der Waals surface area contributed by atoms with Crippen LogP contribution in [0.3, 0.4) is 0 Å². The maximum Gasteiger partial charge on any atom is 0.0583 e. The van der Waals surface area contributed by atoms with Gasteiger partial charge in [0.1, 0.15) is 0 Å². The van der Waals surface area contributed by atoms with E-state index < -0.39 is 0 Å². The minimum absolute atomic E-state index is 0.237. The normalized spacial score (nSPS) is 28.2. The summed E-state index contributed by atoms with van der Waals surface area (Å²) in [5, 5.41) is 0. The minimum atomic E-state index is 0.237. The van der Waals surface area contributed by atoms with Crippen molar-refractivity contribution in [1.29, 1.82) is 0 Å². The van der Waals surface area contributed by atoms with Gasteiger partial charge >= 0.3 is 0 Å². The summed E-state index contributed by atoms with van der Waals surface area (Å²) in [7, 11) is 1.80. The van der Waals surface area contributed by atoms with Crippen molar-refractivity contribution in [3.8, 4) is 0 Å². The van der Waals surface area contributed by atoms with Crippen LogP contribution >= 0.6 is 0 Å². The van der Waals surface area contributed by atoms with Crippen LogP contribution in [0.5, 0.6) is 0 Å². The lowest BCUT2D eigenvalue weighted by Gasteiger charge is -2.36. The van der Waals surface area contributed by atoms with Crippen LogP contribution in [0, 0.1) is 5.41 Å². The molecule has 0 N–H and O–H groups in total. The van der Waals surface area contributed by atoms with Gasteiger partial charge in [0.2, 0.25) is 0 Å². The minimum Gasteiger partial charge on any atom is -0.381 e. The molecule has 0 aromatic rings. The van der Waals surface area contributed by atoms with Crippen LogP contribution in [0.4, 0.5) is 0 Å². The molecule has 68 valence electrons. The first-order chi connectivity index (χ1) is 5.60. The van der Waals surface area contributed by atoms with Gasteiger partial charge in [-0.1, -0.05) is 20.4 Å². The zero-order valence-corrected chi connectivity index (χ0v) is 8.31. The van der Waals surface area contributed by atoms with E-state index in [4.69, 9.17) is 4.74 Å². The highest BCUT2D eigenvalue weighted by molar-refractivity contribution is 5.13. The van der Waals surface area contributed by atoms with Crippen molar-refractivity contribution in [2.75, 3.05) is 7.11 Å². The smallest absolute Gasteiger partial charge is 0.0583 e. The Hall–Kier alpha value is -0.520. The number of hydrogen-bond acceptors (Lipinski definition) is 1. The summed E-state index contributed by atoms with van der Waals surface area (Å²) in [4.78, 5) is 0. The second-order valence-corrected chi connectivity index (χ2v) is 4.14. The highest BCUT2D eigenvalue weighted by Gasteiger charge is 2.31. The van der Waals surface area contributed by atoms with Gasteiger partial charge < -0.3 is 4.74 Å². The molecule has 0 aromatic heterocycles. The van der Waals surface area contributed by atoms with E-state index in [0.717, 1.165) is 19.3 Å². The Morgan fingerprint density at radius 3 is 2.67 bits per heavy atom. The van der Waals surface area contributed by atoms with Gasteiger partial charge in [-0.25, -0.2) is 0 Å². The predicted molar refractivity (Wildman–Crippen MR) is 51.1 cm³/mol. The molecule has 1 saturated carbocycles. The lowest BCUT2D eigenvalue weighted by atomic mass is 9.72. The van der Waals surface area contributed by atoms with E-state index in [1.54, 1.807) is 7.11 Å². The highest BCUT2D eigenvalue weighted by atomic mass is 16.5. The molecule has 0 saturated heterocycles. The molecule has 1 nitrogen and oxygen atoms in total. The van der Waals surface area contributed by atoms with Crippen molar-refractivity contribution >= 4 is 0 Å². The van der Waals surface area contributed by atoms with E-state index in [2.05, 4.69) is 26.2 Å². The average molecular weight is 166 g/mol. The van der Waals surface area contributed by atoms with Gasteiger partial charge in [0.15, 0.2) is 0 Å². The summed E-state index contributed by atoms with van der Waals surface area (Å²) in [6.07, 6.45) is 3.74. The molecule has 0 aliphatic heterocycles. The van der Waals surface area contributed by atoms with Gasteiger partial charge in [0.25, 0.3) is 0 Å². The molecule has 0 spiro atoms. The third kappa shape index (κ3) is 1.80. The van der Waals surface area contributed by atoms with Crippen LogP contribution in [0.25, 0.3) is 0 Å². The van der Waals surface area contributed by atoms with E-state index in [9.17, 15) is 0 Å². The summed E-state index contributed by atoms with van der Waals surface area (Å²) in [5.74, 6) is 0. The fraction of sp³-hybridized carbons (Fsp3) is 0.727. The Morgan fingerprint density at radius 1 is 1.58 bits per heavy atom. The number of methoxy groups -OCH3 is 1. The first-order valence-corrected chi connectivity index (χ1v) is 4.52. The number of hydrogen-bond donors (Lipinski definition) is 0. The monoisotopic (exact) mass is 166 g/mol. The first kappa shape index (κ1) is 9.57. The Morgan fingerprint density at radius 2 is 2.25 bits per heavy atom. The Bertz CT molecular complexity index is 209. The van der Waals surface area contributed by atoms with Crippen molar-refractivity contribution in [2.24, 2.45) is 5.41 Å². The van der Waals surface area contributed by atoms with E-state index in [1.165, 1.54) is 5.57 Å². The largest absolute Gasteiger partial charge is 0.381 e. The van der Waals surface area contributed by atoms with Gasteiger partial charge in [0, 0.05) is 7.11 Å². The molecule has 1 aliphatic rings. The van der Waals surface area contributed by atoms with Crippen molar-refractivity contribution in [3.05, 3.63) is 17.9 Å². The lowest BCUT2D eigenvalue weighted by Crippen LogP contribution is -2.29. The molecule has 0 bridgehead atoms. The van der Waals surface area contributed by atoms with Gasteiger partial charge in [0.05, 0.1) is 6.10 Å². The van der Waals surface area contributed by atoms with Crippen molar-refractivity contribution in [2.45, 2.75) is 39.2 Å². The molecule has 1 unspecified atom stereocenters. The zero-order chi connectivity index (χ0) is 9.19. The molecule has 0 amide bonds. The summed E-state index contributed by atoms with van der Waals surface area (Å²) < 4.78 is 5.36. The molecule has 0 radical (unpaired) electrons. The average Bonchev–Trinajstić information content (AvgIpc) is 2.02. The Kier molecular flexibility index (Phi) is 2.76. The van der Waals surface area contributed by atoms with Crippen LogP contribution in [0.2, 0.25) is 0 Å². The molecular formula is C11H18O. The topological polar surface area (TPSA) is 9.23 Å². The second kappa shape index (κ2) is 3.47. The fourth-order valence-electron chi connectivity index (χ4n) is 1.97. The fourth-order valence-corrected chi connectivity index (χ4v) is 1.97. The molecule has 0 heterocycles. The summed E-state index contributed by atoms with van der Waals surface area (Å²) in [6.45, 7) is 8.21. The van der Waals surface area contributed by atoms with E-state index >= 15 is 0 Å². The Balaban J connectivity index is 2.74. The Labute approximate surface area is 75.1 Å². The van der Waals surface area contributed by atoms with Crippen molar-refractivity contribution in [3.63, 3.8) is 0 Å². The van der Waals surface area contributed by atoms with Crippen LogP contribution in [-0.2, 0) is 4.74 Å². The molecule has 1 heteroatoms. The molecular weight excluding hydrogens is 148 g/mol. The van der Waals surface area contributed by atoms with E-state index in [1.807, 2.05) is 0 Å². The van der Waals surface area contributed by atoms with E-state index in [-0.39, 0.29) is 5.41 Å². The SMILES string of the molecule is C=C=C1CCC(OC)CC1(C)C. The summed E-state index contributed by atoms with van der Waals surface area (Å²) in [5.41, 5.74) is 4.64. The highest BCUT2D eigenvalue weighted by Crippen LogP contribution is 2.40. The van der Waals surface area contributed by atoms with Crippen molar-refractivity contribution < 1.29 is 4.74 Å². The van der Waals surface area contributed by atoms with Gasteiger partial charge in [-0.05, 0) is 30.3 Å². The maximum atomic E-state index is 5.36. The van der Waals surface area contributed by atoms with Crippen LogP contribution in [-0.4, -0.2) is 13.2 Å². The quantitative estimate of drug-likeness (QED) is 0.544. The van der Waals surface area contributed by atoms with Gasteiger partial charge in [-0.15, -0.1) is 5.73 Å². The summed E-state index contributed by atoms with van der Waals surface area (Å²) >= 11 is 0. The van der Waals surface area contributed by atoms with Crippen molar-refractivity contribution in [1.82, 2.24) is 0 Å². The third-order valence-corrected chi connectivity index (χ3v) is 2.82. The number of rotatable bonds is 1. The molecule has 1 aliphatic carbocycles. The molecule has 1 atom stereocenters. The lowest BCUT2D eigenvalue weighted by molar-refractivity contribution is 0.0476. The molecule has 1 fully saturated rings. The van der Waals surface area contributed by atoms with E-state index in [0.29, 0.717) is 6.10 Å². The van der Waals surface area contributed by atoms with Gasteiger partial charge in [-0.2, -0.15) is 0 Å². The maximum absolute atomic E-state index is 5.36. The second-order valence-electron chi connectivity index (χ2n) is 4.14.